The minimum Gasteiger partial charge on any atom is -0.396 e. The van der Waals surface area contributed by atoms with Crippen LogP contribution in [-0.2, 0) is 44.6 Å². The molecule has 0 aromatic heterocycles. The Morgan fingerprint density at radius 2 is 1.50 bits per heavy atom. The fourth-order valence-corrected chi connectivity index (χ4v) is 6.52. The summed E-state index contributed by atoms with van der Waals surface area (Å²) in [5, 5.41) is 22.3. The second kappa shape index (κ2) is 22.8. The Balaban J connectivity index is 2.24. The van der Waals surface area contributed by atoms with Crippen LogP contribution in [0.3, 0.4) is 0 Å². The van der Waals surface area contributed by atoms with E-state index in [2.05, 4.69) is 46.5 Å². The van der Waals surface area contributed by atoms with Crippen LogP contribution in [0.25, 0.3) is 0 Å². The van der Waals surface area contributed by atoms with E-state index in [-0.39, 0.29) is 48.9 Å². The monoisotopic (exact) mass is 721 g/mol. The third-order valence-corrected chi connectivity index (χ3v) is 9.22. The third-order valence-electron chi connectivity index (χ3n) is 8.16. The molecule has 0 fully saturated rings. The molecule has 0 aliphatic heterocycles. The van der Waals surface area contributed by atoms with Gasteiger partial charge >= 0.3 is 0 Å². The van der Waals surface area contributed by atoms with Crippen LogP contribution >= 0.6 is 24.2 Å². The van der Waals surface area contributed by atoms with Crippen LogP contribution in [0.1, 0.15) is 70.4 Å². The highest BCUT2D eigenvalue weighted by atomic mass is 35.5. The van der Waals surface area contributed by atoms with E-state index in [1.807, 2.05) is 56.3 Å². The molecule has 12 heteroatoms. The molecule has 0 aliphatic rings. The maximum atomic E-state index is 13.9. The van der Waals surface area contributed by atoms with Crippen molar-refractivity contribution in [2.45, 2.75) is 95.5 Å². The lowest BCUT2D eigenvalue weighted by Crippen LogP contribution is -2.58. The number of rotatable bonds is 22. The number of aliphatic hydroxyl groups excluding tert-OH is 1. The van der Waals surface area contributed by atoms with E-state index in [0.29, 0.717) is 24.4 Å². The standard InChI is InChI=1S/C36H53ClN4O5S2/c1-4-38-34(44)29(18-20-42)30(22-26-14-16-27(37)17-15-26)40-36(46)33(24(2)3)41-35(45)31(23-25-10-6-5-7-11-25)39-32(43)13-9-8-12-28(48)19-21-47/h5-7,10-11,14-17,24,28-31,33,42,47-48H,4,8-9,12-13,18-23H2,1-3H3,(H,38,44)(H,39,43)(H,40,46)(H,41,45)/p+1/t28?,29?,30-,31-,33-/m0/s1. The smallest absolute Gasteiger partial charge is 0.243 e. The first-order chi connectivity index (χ1) is 23.0. The Kier molecular flexibility index (Phi) is 19.7. The van der Waals surface area contributed by atoms with Crippen molar-refractivity contribution in [3.05, 3.63) is 70.7 Å². The van der Waals surface area contributed by atoms with Crippen LogP contribution in [0.4, 0.5) is 0 Å². The van der Waals surface area contributed by atoms with Crippen molar-refractivity contribution in [3.63, 3.8) is 0 Å². The lowest BCUT2D eigenvalue weighted by atomic mass is 9.89. The summed E-state index contributed by atoms with van der Waals surface area (Å²) in [4.78, 5) is 53.8. The molecule has 0 aliphatic carbocycles. The second-order valence-corrected chi connectivity index (χ2v) is 14.1. The van der Waals surface area contributed by atoms with E-state index in [9.17, 15) is 24.3 Å². The summed E-state index contributed by atoms with van der Waals surface area (Å²) < 4.78 is 0. The van der Waals surface area contributed by atoms with Gasteiger partial charge in [0, 0.05) is 48.7 Å². The quantitative estimate of drug-likeness (QED) is 0.0628. The molecule has 2 unspecified atom stereocenters. The molecule has 9 nitrogen and oxygen atoms in total. The zero-order valence-corrected chi connectivity index (χ0v) is 31.0. The summed E-state index contributed by atoms with van der Waals surface area (Å²) in [6.07, 6.45) is 4.35. The van der Waals surface area contributed by atoms with Gasteiger partial charge in [0.2, 0.25) is 23.6 Å². The topological polar surface area (TPSA) is 137 Å². The SMILES string of the molecule is CCNC(=O)C(CCO)[C@H](Cc1ccc(Cl)cc1)NC(=O)[C@@H](NC(=O)[C@H](Cc1ccccc1)NC(=O)CCCCC(S)CC[SH2+])C(C)C. The van der Waals surface area contributed by atoms with Crippen LogP contribution in [0.15, 0.2) is 54.6 Å². The van der Waals surface area contributed by atoms with Crippen LogP contribution in [0.5, 0.6) is 0 Å². The molecule has 0 saturated heterocycles. The number of halogens is 1. The summed E-state index contributed by atoms with van der Waals surface area (Å²) in [6, 6.07) is 14.0. The van der Waals surface area contributed by atoms with Crippen LogP contribution in [0, 0.1) is 11.8 Å². The molecular weight excluding hydrogens is 668 g/mol. The fraction of sp³-hybridized carbons (Fsp3) is 0.556. The van der Waals surface area contributed by atoms with Crippen molar-refractivity contribution < 1.29 is 24.3 Å². The van der Waals surface area contributed by atoms with Gasteiger partial charge in [-0.05, 0) is 74.4 Å². The van der Waals surface area contributed by atoms with Gasteiger partial charge in [0.25, 0.3) is 0 Å². The molecule has 0 spiro atoms. The van der Waals surface area contributed by atoms with E-state index in [1.54, 1.807) is 19.1 Å². The number of nitrogens with one attached hydrogen (secondary N) is 4. The lowest BCUT2D eigenvalue weighted by Gasteiger charge is -2.31. The highest BCUT2D eigenvalue weighted by Gasteiger charge is 2.34. The summed E-state index contributed by atoms with van der Waals surface area (Å²) >= 11 is 14.1. The molecular formula is C36H54ClN4O5S2+. The van der Waals surface area contributed by atoms with E-state index in [4.69, 9.17) is 11.6 Å². The van der Waals surface area contributed by atoms with Gasteiger partial charge < -0.3 is 26.4 Å². The maximum absolute atomic E-state index is 13.9. The Morgan fingerprint density at radius 1 is 0.833 bits per heavy atom. The largest absolute Gasteiger partial charge is 0.396 e. The van der Waals surface area contributed by atoms with Gasteiger partial charge in [-0.1, -0.05) is 74.3 Å². The number of carbonyl (C=O) groups is 4. The molecule has 0 heterocycles. The van der Waals surface area contributed by atoms with E-state index in [1.165, 1.54) is 0 Å². The van der Waals surface area contributed by atoms with Gasteiger partial charge in [0.05, 0.1) is 5.92 Å². The Labute approximate surface area is 302 Å². The first-order valence-electron chi connectivity index (χ1n) is 16.9. The maximum Gasteiger partial charge on any atom is 0.243 e. The zero-order chi connectivity index (χ0) is 35.5. The predicted octanol–water partition coefficient (Wildman–Crippen LogP) is 3.63. The first kappa shape index (κ1) is 41.4. The van der Waals surface area contributed by atoms with Gasteiger partial charge in [-0.3, -0.25) is 19.2 Å². The minimum atomic E-state index is -0.953. The van der Waals surface area contributed by atoms with Crippen molar-refractivity contribution in [1.29, 1.82) is 0 Å². The van der Waals surface area contributed by atoms with Gasteiger partial charge in [-0.15, -0.1) is 0 Å². The molecule has 0 radical (unpaired) electrons. The number of hydrogen-bond acceptors (Lipinski definition) is 6. The van der Waals surface area contributed by atoms with E-state index >= 15 is 0 Å². The molecule has 48 heavy (non-hydrogen) atoms. The van der Waals surface area contributed by atoms with Gasteiger partial charge in [0.15, 0.2) is 0 Å². The minimum absolute atomic E-state index is 0.138. The summed E-state index contributed by atoms with van der Waals surface area (Å²) in [7, 11) is 0. The summed E-state index contributed by atoms with van der Waals surface area (Å²) in [6.45, 7) is 5.60. The van der Waals surface area contributed by atoms with Crippen molar-refractivity contribution in [1.82, 2.24) is 21.3 Å². The first-order valence-corrected chi connectivity index (χ1v) is 18.5. The summed E-state index contributed by atoms with van der Waals surface area (Å²) in [5.41, 5.74) is 1.72. The van der Waals surface area contributed by atoms with Gasteiger partial charge in [0.1, 0.15) is 17.8 Å². The molecule has 2 aromatic carbocycles. The number of aliphatic hydroxyl groups is 1. The highest BCUT2D eigenvalue weighted by molar-refractivity contribution is 7.81. The highest BCUT2D eigenvalue weighted by Crippen LogP contribution is 2.19. The second-order valence-electron chi connectivity index (χ2n) is 12.4. The molecule has 2 aromatic rings. The van der Waals surface area contributed by atoms with Crippen molar-refractivity contribution in [2.75, 3.05) is 18.9 Å². The van der Waals surface area contributed by atoms with Crippen molar-refractivity contribution in [2.24, 2.45) is 11.8 Å². The molecule has 0 saturated carbocycles. The average Bonchev–Trinajstić information content (AvgIpc) is 3.05. The Bertz CT molecular complexity index is 1270. The van der Waals surface area contributed by atoms with Gasteiger partial charge in [-0.2, -0.15) is 12.6 Å². The zero-order valence-electron chi connectivity index (χ0n) is 28.3. The summed E-state index contributed by atoms with van der Waals surface area (Å²) in [5.74, 6) is -1.61. The van der Waals surface area contributed by atoms with Crippen molar-refractivity contribution in [3.8, 4) is 0 Å². The molecule has 5 N–H and O–H groups in total. The number of carbonyl (C=O) groups excluding carboxylic acids is 4. The molecule has 4 amide bonds. The normalized spacial score (nSPS) is 14.3. The Hall–Kier alpha value is -2.73. The molecule has 0 bridgehead atoms. The predicted molar refractivity (Wildman–Crippen MR) is 201 cm³/mol. The van der Waals surface area contributed by atoms with Crippen LogP contribution in [0.2, 0.25) is 5.02 Å². The average molecular weight is 722 g/mol. The number of amides is 4. The van der Waals surface area contributed by atoms with Gasteiger partial charge in [-0.25, -0.2) is 0 Å². The lowest BCUT2D eigenvalue weighted by molar-refractivity contribution is -0.133. The number of thiol groups is 1. The number of unbranched alkanes of at least 4 members (excludes halogenated alkanes) is 1. The van der Waals surface area contributed by atoms with E-state index in [0.717, 1.165) is 36.1 Å². The van der Waals surface area contributed by atoms with Crippen LogP contribution in [-0.4, -0.2) is 71.0 Å². The molecule has 5 atom stereocenters. The van der Waals surface area contributed by atoms with Crippen molar-refractivity contribution >= 4 is 60.5 Å². The fourth-order valence-electron chi connectivity index (χ4n) is 5.49. The van der Waals surface area contributed by atoms with Crippen LogP contribution < -0.4 is 21.3 Å². The molecule has 266 valence electrons. The Morgan fingerprint density at radius 3 is 2.10 bits per heavy atom. The number of hydrogen-bond donors (Lipinski definition) is 6. The number of benzene rings is 2. The van der Waals surface area contributed by atoms with E-state index < -0.39 is 35.9 Å². The third kappa shape index (κ3) is 15.2. The molecule has 2 rings (SSSR count).